The fraction of sp³-hybridized carbons (Fsp3) is 0.238. The van der Waals surface area contributed by atoms with Gasteiger partial charge in [0.25, 0.3) is 0 Å². The van der Waals surface area contributed by atoms with Gasteiger partial charge in [-0.25, -0.2) is 0 Å². The molecule has 0 bridgehead atoms. The van der Waals surface area contributed by atoms with Crippen LogP contribution in [0.25, 0.3) is 6.08 Å². The van der Waals surface area contributed by atoms with Crippen LogP contribution in [0.4, 0.5) is 0 Å². The standard InChI is InChI=1S/C21H20N2O2/c1-3-16-14(2)22-23-19(10-9-15-7-5-4-6-8-15)18-12-21-20(11-17(16)18)24-13-25-21/h4-12,16H,3,13H2,1-2H3. The Balaban J connectivity index is 1.81. The second-order valence-corrected chi connectivity index (χ2v) is 6.22. The normalized spacial score (nSPS) is 18.6. The average molecular weight is 332 g/mol. The Labute approximate surface area is 147 Å². The highest BCUT2D eigenvalue weighted by molar-refractivity contribution is 6.14. The number of ether oxygens (including phenoxy) is 2. The lowest BCUT2D eigenvalue weighted by Gasteiger charge is -2.17. The summed E-state index contributed by atoms with van der Waals surface area (Å²) in [5.74, 6) is 1.81. The van der Waals surface area contributed by atoms with Gasteiger partial charge in [0, 0.05) is 17.2 Å². The molecule has 4 nitrogen and oxygen atoms in total. The molecule has 2 aromatic rings. The van der Waals surface area contributed by atoms with E-state index in [1.807, 2.05) is 37.3 Å². The van der Waals surface area contributed by atoms with E-state index in [1.165, 1.54) is 5.56 Å². The summed E-state index contributed by atoms with van der Waals surface area (Å²) in [5.41, 5.74) is 5.24. The molecule has 0 aliphatic carbocycles. The van der Waals surface area contributed by atoms with Gasteiger partial charge in [-0.3, -0.25) is 0 Å². The Hall–Kier alpha value is -2.88. The van der Waals surface area contributed by atoms with E-state index in [9.17, 15) is 0 Å². The highest BCUT2D eigenvalue weighted by Crippen LogP contribution is 2.39. The largest absolute Gasteiger partial charge is 0.454 e. The van der Waals surface area contributed by atoms with Crippen molar-refractivity contribution in [3.05, 3.63) is 65.2 Å². The summed E-state index contributed by atoms with van der Waals surface area (Å²) >= 11 is 0. The summed E-state index contributed by atoms with van der Waals surface area (Å²) in [6.45, 7) is 4.48. The van der Waals surface area contributed by atoms with Gasteiger partial charge in [-0.1, -0.05) is 43.3 Å². The lowest BCUT2D eigenvalue weighted by atomic mass is 9.87. The van der Waals surface area contributed by atoms with Crippen molar-refractivity contribution in [3.8, 4) is 11.5 Å². The summed E-state index contributed by atoms with van der Waals surface area (Å²) in [7, 11) is 0. The minimum Gasteiger partial charge on any atom is -0.454 e. The van der Waals surface area contributed by atoms with Crippen LogP contribution in [0.15, 0.2) is 58.7 Å². The van der Waals surface area contributed by atoms with E-state index < -0.39 is 0 Å². The molecule has 4 rings (SSSR count). The maximum atomic E-state index is 5.58. The van der Waals surface area contributed by atoms with E-state index in [-0.39, 0.29) is 12.7 Å². The van der Waals surface area contributed by atoms with Crippen molar-refractivity contribution in [2.24, 2.45) is 10.2 Å². The van der Waals surface area contributed by atoms with Crippen molar-refractivity contribution >= 4 is 17.5 Å². The molecule has 0 spiro atoms. The highest BCUT2D eigenvalue weighted by Gasteiger charge is 2.26. The van der Waals surface area contributed by atoms with E-state index in [2.05, 4.69) is 41.4 Å². The van der Waals surface area contributed by atoms with Gasteiger partial charge >= 0.3 is 0 Å². The molecule has 0 amide bonds. The van der Waals surface area contributed by atoms with Crippen LogP contribution in [0.2, 0.25) is 0 Å². The number of hydrogen-bond acceptors (Lipinski definition) is 4. The van der Waals surface area contributed by atoms with Crippen LogP contribution in [0, 0.1) is 0 Å². The minimum absolute atomic E-state index is 0.232. The van der Waals surface area contributed by atoms with Gasteiger partial charge in [0.1, 0.15) is 0 Å². The third kappa shape index (κ3) is 2.95. The van der Waals surface area contributed by atoms with Crippen LogP contribution in [-0.2, 0) is 0 Å². The van der Waals surface area contributed by atoms with Crippen LogP contribution in [0.3, 0.4) is 0 Å². The van der Waals surface area contributed by atoms with Crippen LogP contribution >= 0.6 is 0 Å². The van der Waals surface area contributed by atoms with Gasteiger partial charge in [0.15, 0.2) is 11.5 Å². The first-order chi connectivity index (χ1) is 12.3. The fourth-order valence-corrected chi connectivity index (χ4v) is 3.33. The lowest BCUT2D eigenvalue weighted by Crippen LogP contribution is -2.10. The Morgan fingerprint density at radius 2 is 1.80 bits per heavy atom. The lowest BCUT2D eigenvalue weighted by molar-refractivity contribution is 0.174. The molecule has 2 aliphatic rings. The molecule has 2 aliphatic heterocycles. The molecule has 4 heteroatoms. The summed E-state index contributed by atoms with van der Waals surface area (Å²) in [6.07, 6.45) is 5.04. The third-order valence-corrected chi connectivity index (χ3v) is 4.66. The Kier molecular flexibility index (Phi) is 4.10. The molecule has 2 aromatic carbocycles. The number of benzene rings is 2. The quantitative estimate of drug-likeness (QED) is 0.810. The van der Waals surface area contributed by atoms with Gasteiger partial charge in [0.2, 0.25) is 6.79 Å². The second-order valence-electron chi connectivity index (χ2n) is 6.22. The van der Waals surface area contributed by atoms with E-state index in [1.54, 1.807) is 0 Å². The predicted molar refractivity (Wildman–Crippen MR) is 101 cm³/mol. The van der Waals surface area contributed by atoms with Gasteiger partial charge in [0.05, 0.1) is 5.71 Å². The maximum absolute atomic E-state index is 5.58. The molecular formula is C21H20N2O2. The van der Waals surface area contributed by atoms with E-state index in [0.717, 1.165) is 40.5 Å². The SMILES string of the molecule is CCC1C(C)=NN=C(C=Cc2ccccc2)c2cc3c(cc21)OCO3. The van der Waals surface area contributed by atoms with Gasteiger partial charge < -0.3 is 9.47 Å². The predicted octanol–water partition coefficient (Wildman–Crippen LogP) is 4.80. The van der Waals surface area contributed by atoms with Crippen LogP contribution in [0.1, 0.15) is 42.9 Å². The van der Waals surface area contributed by atoms with Gasteiger partial charge in [-0.05, 0) is 42.7 Å². The summed E-state index contributed by atoms with van der Waals surface area (Å²) < 4.78 is 11.2. The van der Waals surface area contributed by atoms with Crippen LogP contribution < -0.4 is 9.47 Å². The summed E-state index contributed by atoms with van der Waals surface area (Å²) in [6, 6.07) is 14.3. The highest BCUT2D eigenvalue weighted by atomic mass is 16.7. The molecule has 0 saturated carbocycles. The zero-order valence-corrected chi connectivity index (χ0v) is 14.4. The molecule has 2 heterocycles. The number of allylic oxidation sites excluding steroid dienone is 1. The molecule has 1 unspecified atom stereocenters. The summed E-state index contributed by atoms with van der Waals surface area (Å²) in [5, 5.41) is 8.96. The first kappa shape index (κ1) is 15.6. The Morgan fingerprint density at radius 3 is 2.56 bits per heavy atom. The van der Waals surface area contributed by atoms with Crippen molar-refractivity contribution in [1.29, 1.82) is 0 Å². The van der Waals surface area contributed by atoms with E-state index in [4.69, 9.17) is 9.47 Å². The Morgan fingerprint density at radius 1 is 1.04 bits per heavy atom. The van der Waals surface area contributed by atoms with Crippen molar-refractivity contribution in [2.75, 3.05) is 6.79 Å². The number of nitrogens with zero attached hydrogens (tertiary/aromatic N) is 2. The second kappa shape index (κ2) is 6.55. The molecule has 1 atom stereocenters. The van der Waals surface area contributed by atoms with Crippen molar-refractivity contribution < 1.29 is 9.47 Å². The van der Waals surface area contributed by atoms with Crippen molar-refractivity contribution in [2.45, 2.75) is 26.2 Å². The smallest absolute Gasteiger partial charge is 0.231 e. The average Bonchev–Trinajstić information content (AvgIpc) is 3.05. The van der Waals surface area contributed by atoms with Gasteiger partial charge in [-0.2, -0.15) is 10.2 Å². The molecule has 0 radical (unpaired) electrons. The van der Waals surface area contributed by atoms with Crippen LogP contribution in [0.5, 0.6) is 11.5 Å². The first-order valence-electron chi connectivity index (χ1n) is 8.55. The molecular weight excluding hydrogens is 312 g/mol. The first-order valence-corrected chi connectivity index (χ1v) is 8.55. The maximum Gasteiger partial charge on any atom is 0.231 e. The molecule has 0 aromatic heterocycles. The van der Waals surface area contributed by atoms with Gasteiger partial charge in [-0.15, -0.1) is 0 Å². The molecule has 0 fully saturated rings. The molecule has 25 heavy (non-hydrogen) atoms. The summed E-state index contributed by atoms with van der Waals surface area (Å²) in [4.78, 5) is 0. The van der Waals surface area contributed by atoms with E-state index >= 15 is 0 Å². The topological polar surface area (TPSA) is 43.2 Å². The number of fused-ring (bicyclic) bond motifs is 2. The van der Waals surface area contributed by atoms with E-state index in [0.29, 0.717) is 0 Å². The van der Waals surface area contributed by atoms with Crippen molar-refractivity contribution in [1.82, 2.24) is 0 Å². The zero-order chi connectivity index (χ0) is 17.2. The van der Waals surface area contributed by atoms with Crippen molar-refractivity contribution in [3.63, 3.8) is 0 Å². The Bertz CT molecular complexity index is 882. The minimum atomic E-state index is 0.232. The van der Waals surface area contributed by atoms with Crippen LogP contribution in [-0.4, -0.2) is 18.2 Å². The number of hydrogen-bond donors (Lipinski definition) is 0. The fourth-order valence-electron chi connectivity index (χ4n) is 3.33. The monoisotopic (exact) mass is 332 g/mol. The molecule has 0 saturated heterocycles. The molecule has 126 valence electrons. The third-order valence-electron chi connectivity index (χ3n) is 4.66. The molecule has 0 N–H and O–H groups in total. The number of rotatable bonds is 3. The zero-order valence-electron chi connectivity index (χ0n) is 14.4.